The summed E-state index contributed by atoms with van der Waals surface area (Å²) < 4.78 is 6.31. The lowest BCUT2D eigenvalue weighted by Gasteiger charge is -2.40. The minimum atomic E-state index is -1.22. The molecule has 1 spiro atoms. The number of anilines is 1. The van der Waals surface area contributed by atoms with Gasteiger partial charge in [-0.1, -0.05) is 32.1 Å². The van der Waals surface area contributed by atoms with Crippen LogP contribution in [0.1, 0.15) is 44.2 Å². The molecule has 2 amide bonds. The van der Waals surface area contributed by atoms with Gasteiger partial charge in [-0.2, -0.15) is 0 Å². The van der Waals surface area contributed by atoms with Gasteiger partial charge in [0.15, 0.2) is 0 Å². The smallest absolute Gasteiger partial charge is 0.310 e. The van der Waals surface area contributed by atoms with Crippen LogP contribution < -0.4 is 4.90 Å². The van der Waals surface area contributed by atoms with E-state index in [-0.39, 0.29) is 25.0 Å². The molecule has 8 nitrogen and oxygen atoms in total. The van der Waals surface area contributed by atoms with Crippen molar-refractivity contribution in [1.29, 1.82) is 0 Å². The van der Waals surface area contributed by atoms with Gasteiger partial charge < -0.3 is 24.7 Å². The van der Waals surface area contributed by atoms with Crippen LogP contribution in [0.2, 0.25) is 0 Å². The van der Waals surface area contributed by atoms with Crippen LogP contribution in [-0.4, -0.2) is 69.8 Å². The van der Waals surface area contributed by atoms with Gasteiger partial charge >= 0.3 is 5.97 Å². The van der Waals surface area contributed by atoms with Crippen molar-refractivity contribution in [3.63, 3.8) is 0 Å². The Hall–Kier alpha value is -2.71. The summed E-state index contributed by atoms with van der Waals surface area (Å²) in [5.74, 6) is -3.60. The molecular formula is C27H36N2O6. The first-order valence-corrected chi connectivity index (χ1v) is 12.4. The molecule has 2 N–H and O–H groups in total. The van der Waals surface area contributed by atoms with Gasteiger partial charge in [-0.15, -0.1) is 6.58 Å². The Balaban J connectivity index is 1.85. The predicted molar refractivity (Wildman–Crippen MR) is 131 cm³/mol. The molecule has 190 valence electrons. The number of carboxylic acids is 1. The zero-order valence-corrected chi connectivity index (χ0v) is 20.9. The quantitative estimate of drug-likeness (QED) is 0.522. The molecule has 35 heavy (non-hydrogen) atoms. The number of aliphatic hydroxyl groups is 1. The first-order valence-electron chi connectivity index (χ1n) is 12.4. The predicted octanol–water partition coefficient (Wildman–Crippen LogP) is 2.69. The summed E-state index contributed by atoms with van der Waals surface area (Å²) >= 11 is 0. The fourth-order valence-electron chi connectivity index (χ4n) is 6.46. The van der Waals surface area contributed by atoms with Gasteiger partial charge in [0.1, 0.15) is 11.6 Å². The highest BCUT2D eigenvalue weighted by Gasteiger charge is 2.75. The average molecular weight is 485 g/mol. The standard InChI is InChI=1S/C27H36N2O6/c1-6-11-28(19-13-16(4)7-8-17(19)5)25(32)23-27-10-9-20(35-27)21(26(33)34)22(27)24(31)29(23)18(14-30)12-15(2)3/h6-8,13,15,18,20-23,30H,1,9-12,14H2,2-5H3,(H,33,34)/t18-,20-,21+,22+,23-,27+/m1/s1. The lowest BCUT2D eigenvalue weighted by atomic mass is 9.70. The van der Waals surface area contributed by atoms with Crippen molar-refractivity contribution < 1.29 is 29.3 Å². The number of amides is 2. The topological polar surface area (TPSA) is 107 Å². The zero-order chi connectivity index (χ0) is 25.7. The summed E-state index contributed by atoms with van der Waals surface area (Å²) in [7, 11) is 0. The van der Waals surface area contributed by atoms with E-state index in [1.807, 2.05) is 45.9 Å². The second-order valence-corrected chi connectivity index (χ2v) is 10.6. The molecule has 6 atom stereocenters. The van der Waals surface area contributed by atoms with E-state index < -0.39 is 47.5 Å². The Morgan fingerprint density at radius 3 is 2.66 bits per heavy atom. The second-order valence-electron chi connectivity index (χ2n) is 10.6. The number of hydrogen-bond donors (Lipinski definition) is 2. The molecule has 0 unspecified atom stereocenters. The average Bonchev–Trinajstić information content (AvgIpc) is 3.44. The molecule has 3 saturated heterocycles. The number of aryl methyl sites for hydroxylation is 2. The molecule has 3 aliphatic heterocycles. The molecule has 1 aromatic carbocycles. The van der Waals surface area contributed by atoms with Crippen molar-refractivity contribution in [2.75, 3.05) is 18.1 Å². The number of likely N-dealkylation sites (tertiary alicyclic amines) is 1. The number of fused-ring (bicyclic) bond motifs is 1. The fraction of sp³-hybridized carbons (Fsp3) is 0.593. The van der Waals surface area contributed by atoms with E-state index in [1.54, 1.807) is 11.0 Å². The number of carbonyl (C=O) groups excluding carboxylic acids is 2. The van der Waals surface area contributed by atoms with Gasteiger partial charge in [0.2, 0.25) is 5.91 Å². The first kappa shape index (κ1) is 25.4. The Bertz CT molecular complexity index is 1040. The van der Waals surface area contributed by atoms with E-state index in [4.69, 9.17) is 4.74 Å². The maximum atomic E-state index is 14.4. The summed E-state index contributed by atoms with van der Waals surface area (Å²) in [6.45, 7) is 11.6. The Morgan fingerprint density at radius 1 is 1.34 bits per heavy atom. The van der Waals surface area contributed by atoms with E-state index >= 15 is 0 Å². The van der Waals surface area contributed by atoms with E-state index in [2.05, 4.69) is 6.58 Å². The van der Waals surface area contributed by atoms with Gasteiger partial charge in [0.05, 0.1) is 30.6 Å². The highest BCUT2D eigenvalue weighted by atomic mass is 16.5. The number of ether oxygens (including phenoxy) is 1. The van der Waals surface area contributed by atoms with E-state index in [0.29, 0.717) is 24.9 Å². The van der Waals surface area contributed by atoms with Crippen molar-refractivity contribution in [2.45, 2.75) is 70.7 Å². The number of hydrogen-bond acceptors (Lipinski definition) is 5. The first-order chi connectivity index (χ1) is 16.6. The molecule has 4 rings (SSSR count). The van der Waals surface area contributed by atoms with E-state index in [0.717, 1.165) is 11.1 Å². The number of rotatable bonds is 9. The minimum Gasteiger partial charge on any atom is -0.481 e. The molecule has 1 aromatic rings. The normalized spacial score (nSPS) is 30.0. The van der Waals surface area contributed by atoms with Crippen LogP contribution in [0.3, 0.4) is 0 Å². The number of nitrogens with zero attached hydrogens (tertiary/aromatic N) is 2. The lowest BCUT2D eigenvalue weighted by molar-refractivity contribution is -0.151. The second kappa shape index (κ2) is 9.39. The Morgan fingerprint density at radius 2 is 2.06 bits per heavy atom. The van der Waals surface area contributed by atoms with Gasteiger partial charge in [-0.25, -0.2) is 0 Å². The van der Waals surface area contributed by atoms with Gasteiger partial charge in [-0.3, -0.25) is 14.4 Å². The van der Waals surface area contributed by atoms with Crippen LogP contribution in [0.25, 0.3) is 0 Å². The van der Waals surface area contributed by atoms with Crippen LogP contribution in [0.15, 0.2) is 30.9 Å². The van der Waals surface area contributed by atoms with Crippen LogP contribution in [0.4, 0.5) is 5.69 Å². The fourth-order valence-corrected chi connectivity index (χ4v) is 6.46. The van der Waals surface area contributed by atoms with Gasteiger partial charge in [0, 0.05) is 12.2 Å². The third kappa shape index (κ3) is 3.96. The molecule has 3 aliphatic rings. The van der Waals surface area contributed by atoms with Gasteiger partial charge in [0.25, 0.3) is 5.91 Å². The van der Waals surface area contributed by atoms with E-state index in [9.17, 15) is 24.6 Å². The van der Waals surface area contributed by atoms with Gasteiger partial charge in [-0.05, 0) is 56.2 Å². The van der Waals surface area contributed by atoms with Crippen LogP contribution in [0.5, 0.6) is 0 Å². The largest absolute Gasteiger partial charge is 0.481 e. The third-order valence-corrected chi connectivity index (χ3v) is 7.84. The van der Waals surface area contributed by atoms with E-state index in [1.165, 1.54) is 4.90 Å². The van der Waals surface area contributed by atoms with Crippen LogP contribution >= 0.6 is 0 Å². The molecular weight excluding hydrogens is 448 g/mol. The monoisotopic (exact) mass is 484 g/mol. The van der Waals surface area contributed by atoms with Crippen molar-refractivity contribution >= 4 is 23.5 Å². The summed E-state index contributed by atoms with van der Waals surface area (Å²) in [5, 5.41) is 20.3. The molecule has 2 bridgehead atoms. The van der Waals surface area contributed by atoms with Crippen molar-refractivity contribution in [3.05, 3.63) is 42.0 Å². The number of aliphatic carboxylic acids is 1. The molecule has 3 fully saturated rings. The lowest BCUT2D eigenvalue weighted by Crippen LogP contribution is -2.59. The maximum Gasteiger partial charge on any atom is 0.310 e. The maximum absolute atomic E-state index is 14.4. The molecule has 0 saturated carbocycles. The van der Waals surface area contributed by atoms with Crippen LogP contribution in [0, 0.1) is 31.6 Å². The molecule has 8 heteroatoms. The Labute approximate surface area is 206 Å². The van der Waals surface area contributed by atoms with Crippen molar-refractivity contribution in [2.24, 2.45) is 17.8 Å². The Kier molecular flexibility index (Phi) is 6.81. The zero-order valence-electron chi connectivity index (χ0n) is 20.9. The molecule has 0 aliphatic carbocycles. The van der Waals surface area contributed by atoms with Crippen molar-refractivity contribution in [3.8, 4) is 0 Å². The number of aliphatic hydroxyl groups excluding tert-OH is 1. The number of carbonyl (C=O) groups is 3. The highest BCUT2D eigenvalue weighted by molar-refractivity contribution is 6.05. The summed E-state index contributed by atoms with van der Waals surface area (Å²) in [6, 6.07) is 4.21. The molecule has 0 radical (unpaired) electrons. The summed E-state index contributed by atoms with van der Waals surface area (Å²) in [4.78, 5) is 43.6. The number of carboxylic acid groups (broad SMARTS) is 1. The summed E-state index contributed by atoms with van der Waals surface area (Å²) in [6.07, 6.45) is 2.45. The number of benzene rings is 1. The SMILES string of the molecule is C=CCN(C(=O)[C@H]1N([C@@H](CO)CC(C)C)C(=O)[C@@H]2[C@@H](C(=O)O)[C@H]3CC[C@]21O3)c1cc(C)ccc1C. The van der Waals surface area contributed by atoms with Crippen LogP contribution in [-0.2, 0) is 19.1 Å². The minimum absolute atomic E-state index is 0.157. The highest BCUT2D eigenvalue weighted by Crippen LogP contribution is 2.59. The third-order valence-electron chi connectivity index (χ3n) is 7.84. The summed E-state index contributed by atoms with van der Waals surface area (Å²) in [5.41, 5.74) is 1.38. The molecule has 0 aromatic heterocycles. The molecule has 3 heterocycles. The van der Waals surface area contributed by atoms with Crippen molar-refractivity contribution in [1.82, 2.24) is 4.90 Å².